The van der Waals surface area contributed by atoms with Crippen LogP contribution in [0.2, 0.25) is 0 Å². The zero-order valence-corrected chi connectivity index (χ0v) is 17.2. The predicted molar refractivity (Wildman–Crippen MR) is 109 cm³/mol. The maximum Gasteiger partial charge on any atom is 0.251 e. The van der Waals surface area contributed by atoms with Gasteiger partial charge in [0.05, 0.1) is 4.90 Å². The Morgan fingerprint density at radius 1 is 0.893 bits per heavy atom. The standard InChI is InChI=1S/C21H26N2O4S/c1-4-19(5-2)23-21(25)18-8-6-16(7-9-18)14-22-28(26,27)20-12-10-17(11-13-20)15(3)24/h6-13,19,22H,4-5,14H2,1-3H3,(H,23,25). The van der Waals surface area contributed by atoms with Gasteiger partial charge in [-0.05, 0) is 49.6 Å². The number of carbonyl (C=O) groups excluding carboxylic acids is 2. The molecule has 2 aromatic rings. The fourth-order valence-corrected chi connectivity index (χ4v) is 3.68. The highest BCUT2D eigenvalue weighted by Crippen LogP contribution is 2.12. The third kappa shape index (κ3) is 5.74. The molecule has 2 rings (SSSR count). The Kier molecular flexibility index (Phi) is 7.48. The van der Waals surface area contributed by atoms with Crippen LogP contribution in [0.25, 0.3) is 0 Å². The lowest BCUT2D eigenvalue weighted by Gasteiger charge is -2.14. The predicted octanol–water partition coefficient (Wildman–Crippen LogP) is 3.29. The molecule has 0 aromatic heterocycles. The molecule has 0 saturated heterocycles. The van der Waals surface area contributed by atoms with Gasteiger partial charge in [0.1, 0.15) is 0 Å². The van der Waals surface area contributed by atoms with Gasteiger partial charge >= 0.3 is 0 Å². The zero-order chi connectivity index (χ0) is 20.7. The average molecular weight is 403 g/mol. The maximum atomic E-state index is 12.4. The van der Waals surface area contributed by atoms with E-state index in [1.165, 1.54) is 31.2 Å². The molecule has 7 heteroatoms. The van der Waals surface area contributed by atoms with Gasteiger partial charge in [-0.25, -0.2) is 13.1 Å². The summed E-state index contributed by atoms with van der Waals surface area (Å²) in [5.74, 6) is -0.253. The van der Waals surface area contributed by atoms with Crippen LogP contribution in [-0.4, -0.2) is 26.2 Å². The zero-order valence-electron chi connectivity index (χ0n) is 16.4. The Balaban J connectivity index is 2.00. The lowest BCUT2D eigenvalue weighted by Crippen LogP contribution is -2.33. The lowest BCUT2D eigenvalue weighted by molar-refractivity contribution is 0.0934. The molecule has 0 heterocycles. The topological polar surface area (TPSA) is 92.3 Å². The molecule has 0 atom stereocenters. The first-order chi connectivity index (χ1) is 13.3. The highest BCUT2D eigenvalue weighted by molar-refractivity contribution is 7.89. The average Bonchev–Trinajstić information content (AvgIpc) is 2.70. The number of carbonyl (C=O) groups is 2. The van der Waals surface area contributed by atoms with Gasteiger partial charge in [0.2, 0.25) is 10.0 Å². The molecule has 0 fully saturated rings. The Hall–Kier alpha value is -2.51. The Labute approximate surface area is 166 Å². The van der Waals surface area contributed by atoms with E-state index in [1.54, 1.807) is 24.3 Å². The second-order valence-electron chi connectivity index (χ2n) is 6.59. The van der Waals surface area contributed by atoms with Gasteiger partial charge in [0, 0.05) is 23.7 Å². The van der Waals surface area contributed by atoms with E-state index >= 15 is 0 Å². The second-order valence-corrected chi connectivity index (χ2v) is 8.36. The lowest BCUT2D eigenvalue weighted by atomic mass is 10.1. The quantitative estimate of drug-likeness (QED) is 0.630. The van der Waals surface area contributed by atoms with E-state index < -0.39 is 10.0 Å². The molecule has 0 aliphatic rings. The number of Topliss-reactive ketones (excluding diaryl/α,β-unsaturated/α-hetero) is 1. The molecule has 0 aliphatic carbocycles. The van der Waals surface area contributed by atoms with Crippen molar-refractivity contribution in [2.75, 3.05) is 0 Å². The molecule has 0 bridgehead atoms. The highest BCUT2D eigenvalue weighted by atomic mass is 32.2. The Morgan fingerprint density at radius 2 is 1.43 bits per heavy atom. The van der Waals surface area contributed by atoms with E-state index in [0.717, 1.165) is 18.4 Å². The van der Waals surface area contributed by atoms with E-state index in [2.05, 4.69) is 10.0 Å². The van der Waals surface area contributed by atoms with Crippen LogP contribution < -0.4 is 10.0 Å². The Bertz CT molecular complexity index is 916. The van der Waals surface area contributed by atoms with Crippen LogP contribution in [0.4, 0.5) is 0 Å². The third-order valence-corrected chi connectivity index (χ3v) is 5.99. The van der Waals surface area contributed by atoms with Gasteiger partial charge in [-0.15, -0.1) is 0 Å². The van der Waals surface area contributed by atoms with Crippen molar-refractivity contribution in [3.8, 4) is 0 Å². The first-order valence-corrected chi connectivity index (χ1v) is 10.8. The molecule has 0 saturated carbocycles. The number of sulfonamides is 1. The van der Waals surface area contributed by atoms with Crippen LogP contribution >= 0.6 is 0 Å². The van der Waals surface area contributed by atoms with Gasteiger partial charge in [-0.2, -0.15) is 0 Å². The number of ketones is 1. The van der Waals surface area contributed by atoms with E-state index in [-0.39, 0.29) is 29.2 Å². The summed E-state index contributed by atoms with van der Waals surface area (Å²) in [7, 11) is -3.69. The number of hydrogen-bond donors (Lipinski definition) is 2. The molecule has 0 radical (unpaired) electrons. The third-order valence-electron chi connectivity index (χ3n) is 4.57. The van der Waals surface area contributed by atoms with Crippen LogP contribution in [0, 0.1) is 0 Å². The first kappa shape index (κ1) is 21.8. The van der Waals surface area contributed by atoms with Crippen LogP contribution in [0.1, 0.15) is 59.9 Å². The number of amides is 1. The van der Waals surface area contributed by atoms with Gasteiger partial charge in [0.15, 0.2) is 5.78 Å². The SMILES string of the molecule is CCC(CC)NC(=O)c1ccc(CNS(=O)(=O)c2ccc(C(C)=O)cc2)cc1. The van der Waals surface area contributed by atoms with Gasteiger partial charge in [0.25, 0.3) is 5.91 Å². The van der Waals surface area contributed by atoms with E-state index in [9.17, 15) is 18.0 Å². The van der Waals surface area contributed by atoms with Crippen LogP contribution in [0.3, 0.4) is 0 Å². The van der Waals surface area contributed by atoms with Crippen molar-refractivity contribution >= 4 is 21.7 Å². The summed E-state index contributed by atoms with van der Waals surface area (Å²) in [6, 6.07) is 12.8. The van der Waals surface area contributed by atoms with Crippen molar-refractivity contribution in [1.82, 2.24) is 10.0 Å². The number of rotatable bonds is 9. The van der Waals surface area contributed by atoms with E-state index in [4.69, 9.17) is 0 Å². The molecule has 0 spiro atoms. The summed E-state index contributed by atoms with van der Waals surface area (Å²) < 4.78 is 27.3. The summed E-state index contributed by atoms with van der Waals surface area (Å²) in [4.78, 5) is 23.6. The normalized spacial score (nSPS) is 11.4. The molecular formula is C21H26N2O4S. The maximum absolute atomic E-state index is 12.4. The minimum atomic E-state index is -3.69. The minimum absolute atomic E-state index is 0.0960. The highest BCUT2D eigenvalue weighted by Gasteiger charge is 2.15. The van der Waals surface area contributed by atoms with Crippen molar-refractivity contribution in [1.29, 1.82) is 0 Å². The number of benzene rings is 2. The fraction of sp³-hybridized carbons (Fsp3) is 0.333. The molecule has 6 nitrogen and oxygen atoms in total. The first-order valence-electron chi connectivity index (χ1n) is 9.27. The smallest absolute Gasteiger partial charge is 0.251 e. The number of hydrogen-bond acceptors (Lipinski definition) is 4. The van der Waals surface area contributed by atoms with Crippen molar-refractivity contribution in [3.63, 3.8) is 0 Å². The van der Waals surface area contributed by atoms with Crippen molar-refractivity contribution in [2.24, 2.45) is 0 Å². The summed E-state index contributed by atoms with van der Waals surface area (Å²) in [6.45, 7) is 5.58. The second kappa shape index (κ2) is 9.61. The van der Waals surface area contributed by atoms with Gasteiger partial charge in [-0.1, -0.05) is 38.1 Å². The van der Waals surface area contributed by atoms with Crippen LogP contribution in [0.5, 0.6) is 0 Å². The molecule has 0 unspecified atom stereocenters. The molecular weight excluding hydrogens is 376 g/mol. The van der Waals surface area contributed by atoms with Gasteiger partial charge in [-0.3, -0.25) is 9.59 Å². The van der Waals surface area contributed by atoms with Crippen molar-refractivity contribution in [2.45, 2.75) is 51.1 Å². The monoisotopic (exact) mass is 402 g/mol. The molecule has 0 aliphatic heterocycles. The summed E-state index contributed by atoms with van der Waals surface area (Å²) in [5, 5.41) is 2.97. The summed E-state index contributed by atoms with van der Waals surface area (Å²) in [5.41, 5.74) is 1.74. The molecule has 1 amide bonds. The van der Waals surface area contributed by atoms with E-state index in [0.29, 0.717) is 11.1 Å². The van der Waals surface area contributed by atoms with Crippen molar-refractivity contribution in [3.05, 3.63) is 65.2 Å². The summed E-state index contributed by atoms with van der Waals surface area (Å²) >= 11 is 0. The van der Waals surface area contributed by atoms with Crippen molar-refractivity contribution < 1.29 is 18.0 Å². The van der Waals surface area contributed by atoms with Crippen LogP contribution in [-0.2, 0) is 16.6 Å². The largest absolute Gasteiger partial charge is 0.349 e. The summed E-state index contributed by atoms with van der Waals surface area (Å²) in [6.07, 6.45) is 1.74. The van der Waals surface area contributed by atoms with E-state index in [1.807, 2.05) is 13.8 Å². The number of nitrogens with one attached hydrogen (secondary N) is 2. The molecule has 2 N–H and O–H groups in total. The minimum Gasteiger partial charge on any atom is -0.349 e. The fourth-order valence-electron chi connectivity index (χ4n) is 2.67. The molecule has 28 heavy (non-hydrogen) atoms. The molecule has 2 aromatic carbocycles. The molecule has 150 valence electrons. The van der Waals surface area contributed by atoms with Gasteiger partial charge < -0.3 is 5.32 Å². The Morgan fingerprint density at radius 3 is 1.93 bits per heavy atom. The van der Waals surface area contributed by atoms with Crippen LogP contribution in [0.15, 0.2) is 53.4 Å².